The fraction of sp³-hybridized carbons (Fsp3) is 0.406. The van der Waals surface area contributed by atoms with Gasteiger partial charge in [-0.25, -0.2) is 19.6 Å². The number of oxazole rings is 1. The first-order chi connectivity index (χ1) is 23.5. The second-order valence-corrected chi connectivity index (χ2v) is 12.6. The number of halogens is 1. The number of hydrogen-bond acceptors (Lipinski definition) is 13. The minimum Gasteiger partial charge on any atom is -0.494 e. The van der Waals surface area contributed by atoms with Gasteiger partial charge in [0.25, 0.3) is 5.88 Å². The Morgan fingerprint density at radius 1 is 1.06 bits per heavy atom. The molecule has 2 fully saturated rings. The van der Waals surface area contributed by atoms with Gasteiger partial charge in [-0.1, -0.05) is 17.7 Å². The smallest absolute Gasteiger partial charge is 0.257 e. The second kappa shape index (κ2) is 13.1. The minimum atomic E-state index is -0.215. The molecule has 1 aromatic carbocycles. The average Bonchev–Trinajstić information content (AvgIpc) is 3.96. The fourth-order valence-corrected chi connectivity index (χ4v) is 6.72. The van der Waals surface area contributed by atoms with E-state index in [1.807, 2.05) is 29.9 Å². The van der Waals surface area contributed by atoms with Crippen molar-refractivity contribution in [2.24, 2.45) is 0 Å². The molecule has 48 heavy (non-hydrogen) atoms. The van der Waals surface area contributed by atoms with Crippen LogP contribution in [0.5, 0.6) is 11.6 Å². The molecule has 6 heterocycles. The Kier molecular flexibility index (Phi) is 8.26. The molecule has 2 bridgehead atoms. The Labute approximate surface area is 280 Å². The van der Waals surface area contributed by atoms with Crippen molar-refractivity contribution in [3.63, 3.8) is 0 Å². The highest BCUT2D eigenvalue weighted by molar-refractivity contribution is 6.32. The molecule has 1 N–H and O–H groups in total. The Bertz CT molecular complexity index is 1860. The number of anilines is 2. The van der Waals surface area contributed by atoms with Crippen molar-refractivity contribution in [2.45, 2.75) is 76.4 Å². The first kappa shape index (κ1) is 30.2. The van der Waals surface area contributed by atoms with Crippen molar-refractivity contribution in [3.8, 4) is 22.8 Å². The van der Waals surface area contributed by atoms with Gasteiger partial charge in [0.1, 0.15) is 42.5 Å². The molecule has 8 rings (SSSR count). The van der Waals surface area contributed by atoms with Crippen LogP contribution in [-0.4, -0.2) is 74.6 Å². The van der Waals surface area contributed by atoms with Crippen LogP contribution in [-0.2, 0) is 17.9 Å². The van der Waals surface area contributed by atoms with E-state index in [0.717, 1.165) is 55.6 Å². The molecule has 0 amide bonds. The molecule has 0 spiro atoms. The van der Waals surface area contributed by atoms with Crippen LogP contribution >= 0.6 is 11.6 Å². The van der Waals surface area contributed by atoms with Crippen LogP contribution in [0.3, 0.4) is 0 Å². The van der Waals surface area contributed by atoms with Crippen LogP contribution in [0, 0.1) is 0 Å². The molecule has 15 nitrogen and oxygen atoms in total. The number of rotatable bonds is 12. The second-order valence-electron chi connectivity index (χ2n) is 12.2. The zero-order valence-corrected chi connectivity index (χ0v) is 27.0. The third-order valence-electron chi connectivity index (χ3n) is 8.92. The molecule has 4 aromatic heterocycles. The van der Waals surface area contributed by atoms with E-state index in [0.29, 0.717) is 52.8 Å². The van der Waals surface area contributed by atoms with Gasteiger partial charge in [-0.05, 0) is 60.7 Å². The van der Waals surface area contributed by atoms with Gasteiger partial charge in [0, 0.05) is 36.6 Å². The Morgan fingerprint density at radius 3 is 2.65 bits per heavy atom. The molecule has 0 radical (unpaired) electrons. The van der Waals surface area contributed by atoms with E-state index < -0.39 is 0 Å². The van der Waals surface area contributed by atoms with Gasteiger partial charge in [0.15, 0.2) is 6.61 Å². The van der Waals surface area contributed by atoms with Crippen molar-refractivity contribution < 1.29 is 18.6 Å². The van der Waals surface area contributed by atoms with Crippen molar-refractivity contribution in [1.29, 1.82) is 0 Å². The highest BCUT2D eigenvalue weighted by atomic mass is 35.5. The lowest BCUT2D eigenvalue weighted by Crippen LogP contribution is -2.41. The van der Waals surface area contributed by atoms with Gasteiger partial charge >= 0.3 is 0 Å². The van der Waals surface area contributed by atoms with E-state index in [-0.39, 0.29) is 18.8 Å². The highest BCUT2D eigenvalue weighted by Crippen LogP contribution is 2.39. The molecule has 1 aliphatic carbocycles. The van der Waals surface area contributed by atoms with Gasteiger partial charge in [0.2, 0.25) is 11.8 Å². The topological polar surface area (TPSA) is 156 Å². The van der Waals surface area contributed by atoms with Gasteiger partial charge in [-0.2, -0.15) is 0 Å². The maximum Gasteiger partial charge on any atom is 0.257 e. The Hall–Kier alpha value is -5.18. The summed E-state index contributed by atoms with van der Waals surface area (Å²) in [5, 5.41) is 19.9. The number of aromatic nitrogens is 9. The number of nitrogens with one attached hydrogen (secondary N) is 1. The lowest BCUT2D eigenvalue weighted by Gasteiger charge is -2.38. The minimum absolute atomic E-state index is 0.146. The number of tetrazole rings is 1. The number of fused-ring (bicyclic) bond motifs is 2. The van der Waals surface area contributed by atoms with Gasteiger partial charge < -0.3 is 28.8 Å². The van der Waals surface area contributed by atoms with E-state index >= 15 is 0 Å². The molecule has 2 atom stereocenters. The molecule has 16 heteroatoms. The lowest BCUT2D eigenvalue weighted by atomic mass is 9.90. The number of hydrogen-bond donors (Lipinski definition) is 1. The van der Waals surface area contributed by atoms with Crippen molar-refractivity contribution >= 4 is 23.2 Å². The normalized spacial score (nSPS) is 20.8. The Balaban J connectivity index is 0.954. The summed E-state index contributed by atoms with van der Waals surface area (Å²) in [6.07, 6.45) is 17.4. The summed E-state index contributed by atoms with van der Waals surface area (Å²) >= 11 is 6.45. The monoisotopic (exact) mass is 671 g/mol. The summed E-state index contributed by atoms with van der Waals surface area (Å²) in [5.41, 5.74) is 2.32. The van der Waals surface area contributed by atoms with Crippen LogP contribution in [0.25, 0.3) is 11.1 Å². The first-order valence-corrected chi connectivity index (χ1v) is 16.4. The maximum atomic E-state index is 6.45. The zero-order chi connectivity index (χ0) is 32.5. The third-order valence-corrected chi connectivity index (χ3v) is 9.23. The summed E-state index contributed by atoms with van der Waals surface area (Å²) in [7, 11) is 0. The number of nitrogens with zero attached hydrogens (tertiary/aromatic N) is 10. The van der Waals surface area contributed by atoms with E-state index in [9.17, 15) is 0 Å². The third kappa shape index (κ3) is 6.50. The van der Waals surface area contributed by atoms with Crippen LogP contribution in [0.2, 0.25) is 5.02 Å². The summed E-state index contributed by atoms with van der Waals surface area (Å²) in [6, 6.07) is 6.86. The maximum absolute atomic E-state index is 6.45. The van der Waals surface area contributed by atoms with Crippen LogP contribution < -0.4 is 14.8 Å². The largest absolute Gasteiger partial charge is 0.494 e. The SMILES string of the molecule is C[C@@H](Cn1cnnn1)Oc1cc(-c2cnc(Nc3cn([C@H]4CC[C@H](N5C=C6C[C@@H]5CO6)CC4)nc3OCc3ncco3)nc2)ccc1Cl. The summed E-state index contributed by atoms with van der Waals surface area (Å²) in [6.45, 7) is 3.36. The van der Waals surface area contributed by atoms with E-state index in [1.54, 1.807) is 35.7 Å². The predicted molar refractivity (Wildman–Crippen MR) is 172 cm³/mol. The van der Waals surface area contributed by atoms with Crippen molar-refractivity contribution in [1.82, 2.24) is 49.8 Å². The molecule has 1 saturated carbocycles. The van der Waals surface area contributed by atoms with E-state index in [4.69, 9.17) is 35.3 Å². The molecule has 248 valence electrons. The molecular formula is C32H34ClN11O4. The molecule has 5 aromatic rings. The standard InChI is InChI=1S/C32H34ClN11O4/c1-20(14-42-19-37-40-41-42)48-29-10-21(2-7-27(29)33)22-12-35-32(36-13-22)38-28-16-44(39-31(28)47-18-30-34-8-9-45-30)24-5-3-23(4-6-24)43-15-26-11-25(43)17-46-26/h2,7-10,12-13,15-16,19-20,23-25H,3-6,11,14,17-18H2,1H3,(H,35,36,38)/t20-,23-,24-,25+/m0/s1. The average molecular weight is 672 g/mol. The van der Waals surface area contributed by atoms with Crippen LogP contribution in [0.1, 0.15) is 51.0 Å². The van der Waals surface area contributed by atoms with E-state index in [2.05, 4.69) is 46.9 Å². The summed E-state index contributed by atoms with van der Waals surface area (Å²) in [4.78, 5) is 15.9. The number of ether oxygens (including phenoxy) is 3. The van der Waals surface area contributed by atoms with Gasteiger partial charge in [-0.3, -0.25) is 4.68 Å². The molecular weight excluding hydrogens is 638 g/mol. The van der Waals surface area contributed by atoms with Crippen molar-refractivity contribution in [3.05, 3.63) is 78.4 Å². The summed E-state index contributed by atoms with van der Waals surface area (Å²) < 4.78 is 26.8. The first-order valence-electron chi connectivity index (χ1n) is 16.0. The Morgan fingerprint density at radius 2 is 1.92 bits per heavy atom. The molecule has 1 saturated heterocycles. The predicted octanol–water partition coefficient (Wildman–Crippen LogP) is 5.19. The quantitative estimate of drug-likeness (QED) is 0.185. The fourth-order valence-electron chi connectivity index (χ4n) is 6.56. The van der Waals surface area contributed by atoms with Crippen LogP contribution in [0.15, 0.2) is 72.0 Å². The lowest BCUT2D eigenvalue weighted by molar-refractivity contribution is 0.106. The van der Waals surface area contributed by atoms with E-state index in [1.165, 1.54) is 6.26 Å². The van der Waals surface area contributed by atoms with Gasteiger partial charge in [-0.15, -0.1) is 10.2 Å². The highest BCUT2D eigenvalue weighted by Gasteiger charge is 2.38. The van der Waals surface area contributed by atoms with Crippen molar-refractivity contribution in [2.75, 3.05) is 11.9 Å². The van der Waals surface area contributed by atoms with Crippen LogP contribution in [0.4, 0.5) is 11.6 Å². The number of benzene rings is 1. The molecule has 2 aliphatic heterocycles. The molecule has 3 aliphatic rings. The van der Waals surface area contributed by atoms with Gasteiger partial charge in [0.05, 0.1) is 36.0 Å². The summed E-state index contributed by atoms with van der Waals surface area (Å²) in [5.74, 6) is 2.97. The zero-order valence-electron chi connectivity index (χ0n) is 26.2. The molecule has 0 unspecified atom stereocenters.